The van der Waals surface area contributed by atoms with Crippen LogP contribution in [-0.4, -0.2) is 23.7 Å². The van der Waals surface area contributed by atoms with Crippen LogP contribution in [0, 0.1) is 0 Å². The summed E-state index contributed by atoms with van der Waals surface area (Å²) in [4.78, 5) is 13.3. The third-order valence-electron chi connectivity index (χ3n) is 1.99. The number of hydrogen-bond donors (Lipinski definition) is 0. The average Bonchev–Trinajstić information content (AvgIpc) is 2.60. The van der Waals surface area contributed by atoms with Crippen LogP contribution in [0.5, 0.6) is 0 Å². The second kappa shape index (κ2) is 6.51. The van der Waals surface area contributed by atoms with Crippen LogP contribution in [0.3, 0.4) is 0 Å². The van der Waals surface area contributed by atoms with E-state index in [-0.39, 0.29) is 5.91 Å². The highest BCUT2D eigenvalue weighted by atomic mass is 79.9. The van der Waals surface area contributed by atoms with E-state index in [0.29, 0.717) is 18.8 Å². The largest absolute Gasteiger partial charge is 0.341 e. The highest BCUT2D eigenvalue weighted by Gasteiger charge is 2.09. The lowest BCUT2D eigenvalue weighted by Gasteiger charge is -2.15. The van der Waals surface area contributed by atoms with Crippen LogP contribution in [0.2, 0.25) is 0 Å². The minimum absolute atomic E-state index is 0.151. The van der Waals surface area contributed by atoms with E-state index in [1.54, 1.807) is 16.2 Å². The van der Waals surface area contributed by atoms with Crippen molar-refractivity contribution in [1.29, 1.82) is 0 Å². The van der Waals surface area contributed by atoms with E-state index in [4.69, 9.17) is 11.6 Å². The Kier molecular flexibility index (Phi) is 5.64. The summed E-state index contributed by atoms with van der Waals surface area (Å²) in [7, 11) is 1.82. The van der Waals surface area contributed by atoms with Crippen molar-refractivity contribution in [2.24, 2.45) is 0 Å². The SMILES string of the molecule is CN(Cc1csc(Br)c1)C(=O)CCCCl. The number of halogens is 2. The standard InChI is InChI=1S/C10H13BrClNOS/c1-13(10(14)3-2-4-12)6-8-5-9(11)15-7-8/h5,7H,2-4,6H2,1H3. The topological polar surface area (TPSA) is 20.3 Å². The zero-order valence-corrected chi connectivity index (χ0v) is 11.7. The second-order valence-electron chi connectivity index (χ2n) is 3.30. The Hall–Kier alpha value is -0.0600. The average molecular weight is 311 g/mol. The van der Waals surface area contributed by atoms with E-state index in [2.05, 4.69) is 21.3 Å². The predicted octanol–water partition coefficient (Wildman–Crippen LogP) is 3.49. The first-order chi connectivity index (χ1) is 7.13. The molecule has 1 aromatic heterocycles. The zero-order chi connectivity index (χ0) is 11.3. The number of rotatable bonds is 5. The van der Waals surface area contributed by atoms with Crippen LogP contribution in [0.25, 0.3) is 0 Å². The third kappa shape index (κ3) is 4.53. The Morgan fingerprint density at radius 1 is 1.67 bits per heavy atom. The molecule has 15 heavy (non-hydrogen) atoms. The molecule has 0 unspecified atom stereocenters. The molecule has 0 radical (unpaired) electrons. The molecular formula is C10H13BrClNOS. The second-order valence-corrected chi connectivity index (χ2v) is 5.97. The van der Waals surface area contributed by atoms with E-state index in [9.17, 15) is 4.79 Å². The van der Waals surface area contributed by atoms with Gasteiger partial charge in [-0.2, -0.15) is 0 Å². The number of carbonyl (C=O) groups is 1. The van der Waals surface area contributed by atoms with E-state index < -0.39 is 0 Å². The van der Waals surface area contributed by atoms with Crippen molar-refractivity contribution in [3.05, 3.63) is 20.8 Å². The van der Waals surface area contributed by atoms with Gasteiger partial charge in [0.05, 0.1) is 3.79 Å². The van der Waals surface area contributed by atoms with Gasteiger partial charge >= 0.3 is 0 Å². The molecule has 0 atom stereocenters. The van der Waals surface area contributed by atoms with Gasteiger partial charge in [-0.15, -0.1) is 22.9 Å². The predicted molar refractivity (Wildman–Crippen MR) is 68.4 cm³/mol. The van der Waals surface area contributed by atoms with Crippen LogP contribution in [-0.2, 0) is 11.3 Å². The molecule has 0 spiro atoms. The van der Waals surface area contributed by atoms with E-state index in [1.807, 2.05) is 13.1 Å². The smallest absolute Gasteiger partial charge is 0.222 e. The number of thiophene rings is 1. The fourth-order valence-corrected chi connectivity index (χ4v) is 2.53. The lowest BCUT2D eigenvalue weighted by molar-refractivity contribution is -0.130. The van der Waals surface area contributed by atoms with Gasteiger partial charge in [-0.1, -0.05) is 0 Å². The molecule has 0 aromatic carbocycles. The van der Waals surface area contributed by atoms with Crippen molar-refractivity contribution in [3.8, 4) is 0 Å². The van der Waals surface area contributed by atoms with E-state index in [1.165, 1.54) is 0 Å². The normalized spacial score (nSPS) is 10.3. The molecule has 2 nitrogen and oxygen atoms in total. The summed E-state index contributed by atoms with van der Waals surface area (Å²) in [5, 5.41) is 2.05. The van der Waals surface area contributed by atoms with Crippen molar-refractivity contribution in [2.45, 2.75) is 19.4 Å². The lowest BCUT2D eigenvalue weighted by Crippen LogP contribution is -2.25. The van der Waals surface area contributed by atoms with Crippen LogP contribution in [0.1, 0.15) is 18.4 Å². The Balaban J connectivity index is 2.41. The van der Waals surface area contributed by atoms with Gasteiger partial charge in [-0.3, -0.25) is 4.79 Å². The minimum Gasteiger partial charge on any atom is -0.341 e. The van der Waals surface area contributed by atoms with Crippen LogP contribution >= 0.6 is 38.9 Å². The molecule has 1 rings (SSSR count). The first kappa shape index (κ1) is 13.0. The van der Waals surface area contributed by atoms with Gasteiger partial charge in [0.2, 0.25) is 5.91 Å². The molecule has 0 bridgehead atoms. The van der Waals surface area contributed by atoms with Gasteiger partial charge in [-0.05, 0) is 39.4 Å². The molecule has 5 heteroatoms. The maximum absolute atomic E-state index is 11.6. The molecule has 0 fully saturated rings. The number of nitrogens with zero attached hydrogens (tertiary/aromatic N) is 1. The van der Waals surface area contributed by atoms with E-state index >= 15 is 0 Å². The molecular weight excluding hydrogens is 298 g/mol. The van der Waals surface area contributed by atoms with Crippen molar-refractivity contribution in [1.82, 2.24) is 4.90 Å². The highest BCUT2D eigenvalue weighted by molar-refractivity contribution is 9.11. The van der Waals surface area contributed by atoms with Crippen LogP contribution in [0.15, 0.2) is 15.2 Å². The zero-order valence-electron chi connectivity index (χ0n) is 8.50. The fourth-order valence-electron chi connectivity index (χ4n) is 1.20. The lowest BCUT2D eigenvalue weighted by atomic mass is 10.2. The van der Waals surface area contributed by atoms with Gasteiger partial charge in [0.15, 0.2) is 0 Å². The van der Waals surface area contributed by atoms with Gasteiger partial charge in [-0.25, -0.2) is 0 Å². The summed E-state index contributed by atoms with van der Waals surface area (Å²) >= 11 is 10.6. The summed E-state index contributed by atoms with van der Waals surface area (Å²) in [6.45, 7) is 0.670. The monoisotopic (exact) mass is 309 g/mol. The molecule has 0 N–H and O–H groups in total. The summed E-state index contributed by atoms with van der Waals surface area (Å²) in [6.07, 6.45) is 1.28. The molecule has 0 saturated heterocycles. The summed E-state index contributed by atoms with van der Waals surface area (Å²) in [6, 6.07) is 2.04. The molecule has 0 aliphatic heterocycles. The number of amides is 1. The van der Waals surface area contributed by atoms with Crippen molar-refractivity contribution in [3.63, 3.8) is 0 Å². The first-order valence-electron chi connectivity index (χ1n) is 4.66. The molecule has 0 aliphatic rings. The van der Waals surface area contributed by atoms with Gasteiger partial charge in [0, 0.05) is 25.9 Å². The molecule has 84 valence electrons. The maximum atomic E-state index is 11.6. The summed E-state index contributed by atoms with van der Waals surface area (Å²) in [5.41, 5.74) is 1.16. The van der Waals surface area contributed by atoms with Gasteiger partial charge in [0.1, 0.15) is 0 Å². The van der Waals surface area contributed by atoms with Gasteiger partial charge in [0.25, 0.3) is 0 Å². The maximum Gasteiger partial charge on any atom is 0.222 e. The van der Waals surface area contributed by atoms with Gasteiger partial charge < -0.3 is 4.90 Å². The number of carbonyl (C=O) groups excluding carboxylic acids is 1. The fraction of sp³-hybridized carbons (Fsp3) is 0.500. The summed E-state index contributed by atoms with van der Waals surface area (Å²) < 4.78 is 1.10. The highest BCUT2D eigenvalue weighted by Crippen LogP contribution is 2.21. The molecule has 0 saturated carbocycles. The third-order valence-corrected chi connectivity index (χ3v) is 3.81. The van der Waals surface area contributed by atoms with Crippen molar-refractivity contribution < 1.29 is 4.79 Å². The van der Waals surface area contributed by atoms with Crippen molar-refractivity contribution in [2.75, 3.05) is 12.9 Å². The molecule has 1 heterocycles. The van der Waals surface area contributed by atoms with Crippen LogP contribution < -0.4 is 0 Å². The molecule has 1 amide bonds. The first-order valence-corrected chi connectivity index (χ1v) is 6.87. The van der Waals surface area contributed by atoms with Crippen molar-refractivity contribution >= 4 is 44.8 Å². The van der Waals surface area contributed by atoms with Crippen LogP contribution in [0.4, 0.5) is 0 Å². The minimum atomic E-state index is 0.151. The Labute approximate surface area is 107 Å². The van der Waals surface area contributed by atoms with E-state index in [0.717, 1.165) is 15.8 Å². The molecule has 0 aliphatic carbocycles. The number of alkyl halides is 1. The summed E-state index contributed by atoms with van der Waals surface area (Å²) in [5.74, 6) is 0.696. The Morgan fingerprint density at radius 3 is 2.93 bits per heavy atom. The number of hydrogen-bond acceptors (Lipinski definition) is 2. The Morgan fingerprint density at radius 2 is 2.40 bits per heavy atom. The molecule has 1 aromatic rings. The quantitative estimate of drug-likeness (QED) is 0.762. The Bertz CT molecular complexity index is 329.